The number of allylic oxidation sites excluding steroid dienone is 1. The smallest absolute Gasteiger partial charge is 0.326 e. The fourth-order valence-corrected chi connectivity index (χ4v) is 3.67. The van der Waals surface area contributed by atoms with E-state index in [2.05, 4.69) is 15.6 Å². The Labute approximate surface area is 198 Å². The van der Waals surface area contributed by atoms with Gasteiger partial charge < -0.3 is 15.7 Å². The van der Waals surface area contributed by atoms with Crippen LogP contribution in [-0.2, 0) is 17.6 Å². The molecule has 6 nitrogen and oxygen atoms in total. The van der Waals surface area contributed by atoms with Gasteiger partial charge in [-0.1, -0.05) is 59.6 Å². The van der Waals surface area contributed by atoms with E-state index in [4.69, 9.17) is 23.2 Å². The number of aliphatic imine (C=N–C) groups is 1. The van der Waals surface area contributed by atoms with Crippen molar-refractivity contribution in [1.82, 2.24) is 10.6 Å². The van der Waals surface area contributed by atoms with Gasteiger partial charge in [-0.05, 0) is 49.1 Å². The van der Waals surface area contributed by atoms with Gasteiger partial charge in [-0.3, -0.25) is 9.79 Å². The Hall–Kier alpha value is -2.83. The number of halogens is 2. The number of nitrogens with zero attached hydrogens (tertiary/aromatic N) is 1. The van der Waals surface area contributed by atoms with Crippen LogP contribution in [0.4, 0.5) is 0 Å². The Morgan fingerprint density at radius 2 is 1.72 bits per heavy atom. The number of aryl methyl sites for hydroxylation is 1. The topological polar surface area (TPSA) is 90.8 Å². The third kappa shape index (κ3) is 7.70. The Bertz CT molecular complexity index is 968. The molecular weight excluding hydrogens is 449 g/mol. The Kier molecular flexibility index (Phi) is 10.2. The van der Waals surface area contributed by atoms with E-state index in [0.29, 0.717) is 0 Å². The van der Waals surface area contributed by atoms with E-state index in [1.807, 2.05) is 43.3 Å². The molecule has 0 spiro atoms. The molecule has 2 rings (SSSR count). The maximum Gasteiger partial charge on any atom is 0.326 e. The van der Waals surface area contributed by atoms with E-state index in [9.17, 15) is 14.7 Å². The van der Waals surface area contributed by atoms with Crippen molar-refractivity contribution in [3.8, 4) is 0 Å². The second-order valence-corrected chi connectivity index (χ2v) is 7.94. The molecule has 1 unspecified atom stereocenters. The van der Waals surface area contributed by atoms with Gasteiger partial charge in [0.1, 0.15) is 11.9 Å². The summed E-state index contributed by atoms with van der Waals surface area (Å²) in [6.07, 6.45) is 5.81. The molecule has 0 heterocycles. The van der Waals surface area contributed by atoms with Crippen molar-refractivity contribution >= 4 is 40.9 Å². The summed E-state index contributed by atoms with van der Waals surface area (Å²) >= 11 is 12.1. The number of carbonyl (C=O) groups is 2. The lowest BCUT2D eigenvalue weighted by Crippen LogP contribution is -2.42. The molecule has 0 aliphatic heterocycles. The number of rotatable bonds is 10. The molecule has 0 aliphatic rings. The van der Waals surface area contributed by atoms with Crippen LogP contribution >= 0.6 is 23.2 Å². The van der Waals surface area contributed by atoms with Crippen molar-refractivity contribution in [2.75, 3.05) is 13.6 Å². The molecule has 0 fully saturated rings. The first-order valence-electron chi connectivity index (χ1n) is 10.2. The molecule has 0 saturated heterocycles. The van der Waals surface area contributed by atoms with Crippen molar-refractivity contribution in [3.63, 3.8) is 0 Å². The second-order valence-electron chi connectivity index (χ2n) is 7.12. The highest BCUT2D eigenvalue weighted by molar-refractivity contribution is 6.39. The standard InChI is InChI=1S/C24H27Cl2N3O3/c1-3-6-21(27-2)28-14-5-7-16-10-12-17(13-11-16)15-20(24(31)32)29-23(30)22-18(25)8-4-9-19(22)26/h3-4,6,8-13,20H,5,7,14-15H2,1-2H3,(H,27,28)(H,29,30)(H,31,32)/b6-3-. The van der Waals surface area contributed by atoms with Gasteiger partial charge in [-0.2, -0.15) is 0 Å². The number of carbonyl (C=O) groups excluding carboxylic acids is 1. The molecule has 0 radical (unpaired) electrons. The molecule has 8 heteroatoms. The molecule has 32 heavy (non-hydrogen) atoms. The van der Waals surface area contributed by atoms with E-state index < -0.39 is 17.9 Å². The van der Waals surface area contributed by atoms with Crippen LogP contribution in [-0.4, -0.2) is 42.5 Å². The summed E-state index contributed by atoms with van der Waals surface area (Å²) in [6, 6.07) is 11.3. The van der Waals surface area contributed by atoms with Crippen LogP contribution in [0.1, 0.15) is 34.8 Å². The van der Waals surface area contributed by atoms with Gasteiger partial charge >= 0.3 is 5.97 Å². The van der Waals surface area contributed by atoms with Crippen molar-refractivity contribution in [3.05, 3.63) is 81.4 Å². The fraction of sp³-hybridized carbons (Fsp3) is 0.292. The SMILES string of the molecule is C/C=C\C(=NC)NCCCc1ccc(CC(NC(=O)c2c(Cl)cccc2Cl)C(=O)O)cc1. The highest BCUT2D eigenvalue weighted by Crippen LogP contribution is 2.24. The summed E-state index contributed by atoms with van der Waals surface area (Å²) in [6.45, 7) is 2.75. The zero-order valence-electron chi connectivity index (χ0n) is 18.1. The summed E-state index contributed by atoms with van der Waals surface area (Å²) in [5.74, 6) is -0.904. The van der Waals surface area contributed by atoms with Crippen LogP contribution in [0.5, 0.6) is 0 Å². The number of nitrogens with one attached hydrogen (secondary N) is 2. The van der Waals surface area contributed by atoms with Crippen LogP contribution < -0.4 is 10.6 Å². The lowest BCUT2D eigenvalue weighted by molar-refractivity contribution is -0.139. The minimum absolute atomic E-state index is 0.0664. The summed E-state index contributed by atoms with van der Waals surface area (Å²) < 4.78 is 0. The number of amidine groups is 1. The number of carboxylic acids is 1. The third-order valence-corrected chi connectivity index (χ3v) is 5.40. The Morgan fingerprint density at radius 1 is 1.09 bits per heavy atom. The average Bonchev–Trinajstić information content (AvgIpc) is 2.76. The Balaban J connectivity index is 1.93. The molecule has 2 aromatic carbocycles. The van der Waals surface area contributed by atoms with Crippen LogP contribution in [0.25, 0.3) is 0 Å². The maximum atomic E-state index is 12.5. The van der Waals surface area contributed by atoms with E-state index in [0.717, 1.165) is 36.3 Å². The van der Waals surface area contributed by atoms with Gasteiger partial charge in [0.2, 0.25) is 0 Å². The molecule has 1 amide bonds. The number of benzene rings is 2. The molecule has 0 aliphatic carbocycles. The third-order valence-electron chi connectivity index (χ3n) is 4.77. The predicted octanol–water partition coefficient (Wildman–Crippen LogP) is 4.55. The molecule has 2 aromatic rings. The predicted molar refractivity (Wildman–Crippen MR) is 130 cm³/mol. The highest BCUT2D eigenvalue weighted by atomic mass is 35.5. The van der Waals surface area contributed by atoms with Gasteiger partial charge in [0, 0.05) is 20.0 Å². The second kappa shape index (κ2) is 12.9. The van der Waals surface area contributed by atoms with Crippen LogP contribution in [0.2, 0.25) is 10.0 Å². The molecule has 0 saturated carbocycles. The van der Waals surface area contributed by atoms with E-state index >= 15 is 0 Å². The number of hydrogen-bond donors (Lipinski definition) is 3. The zero-order chi connectivity index (χ0) is 23.5. The number of amides is 1. The van der Waals surface area contributed by atoms with Gasteiger partial charge in [0.05, 0.1) is 15.6 Å². The van der Waals surface area contributed by atoms with Crippen LogP contribution in [0.3, 0.4) is 0 Å². The lowest BCUT2D eigenvalue weighted by atomic mass is 10.0. The molecule has 170 valence electrons. The first kappa shape index (κ1) is 25.4. The van der Waals surface area contributed by atoms with Crippen molar-refractivity contribution < 1.29 is 14.7 Å². The molecule has 1 atom stereocenters. The lowest BCUT2D eigenvalue weighted by Gasteiger charge is -2.16. The molecule has 0 bridgehead atoms. The van der Waals surface area contributed by atoms with Crippen molar-refractivity contribution in [1.29, 1.82) is 0 Å². The normalized spacial score (nSPS) is 12.6. The van der Waals surface area contributed by atoms with E-state index in [-0.39, 0.29) is 22.0 Å². The number of hydrogen-bond acceptors (Lipinski definition) is 3. The highest BCUT2D eigenvalue weighted by Gasteiger charge is 2.23. The summed E-state index contributed by atoms with van der Waals surface area (Å²) in [7, 11) is 1.75. The first-order valence-corrected chi connectivity index (χ1v) is 11.0. The summed E-state index contributed by atoms with van der Waals surface area (Å²) in [4.78, 5) is 28.4. The van der Waals surface area contributed by atoms with Crippen LogP contribution in [0.15, 0.2) is 59.6 Å². The van der Waals surface area contributed by atoms with Crippen LogP contribution in [0, 0.1) is 0 Å². The Morgan fingerprint density at radius 3 is 2.28 bits per heavy atom. The van der Waals surface area contributed by atoms with Gasteiger partial charge in [0.25, 0.3) is 5.91 Å². The minimum Gasteiger partial charge on any atom is -0.480 e. The quantitative estimate of drug-likeness (QED) is 0.267. The van der Waals surface area contributed by atoms with Gasteiger partial charge in [0.15, 0.2) is 0 Å². The van der Waals surface area contributed by atoms with Gasteiger partial charge in [-0.25, -0.2) is 4.79 Å². The molecule has 3 N–H and O–H groups in total. The first-order chi connectivity index (χ1) is 15.3. The number of aliphatic carboxylic acids is 1. The maximum absolute atomic E-state index is 12.5. The van der Waals surface area contributed by atoms with E-state index in [1.54, 1.807) is 13.1 Å². The van der Waals surface area contributed by atoms with Crippen molar-refractivity contribution in [2.24, 2.45) is 4.99 Å². The number of carboxylic acid groups (broad SMARTS) is 1. The monoisotopic (exact) mass is 475 g/mol. The zero-order valence-corrected chi connectivity index (χ0v) is 19.6. The average molecular weight is 476 g/mol. The van der Waals surface area contributed by atoms with Crippen molar-refractivity contribution in [2.45, 2.75) is 32.2 Å². The fourth-order valence-electron chi connectivity index (χ4n) is 3.10. The van der Waals surface area contributed by atoms with Gasteiger partial charge in [-0.15, -0.1) is 0 Å². The van der Waals surface area contributed by atoms with E-state index in [1.165, 1.54) is 12.1 Å². The molecule has 0 aromatic heterocycles. The summed E-state index contributed by atoms with van der Waals surface area (Å²) in [5, 5.41) is 15.7. The minimum atomic E-state index is -1.13. The largest absolute Gasteiger partial charge is 0.480 e. The molecular formula is C24H27Cl2N3O3. The summed E-state index contributed by atoms with van der Waals surface area (Å²) in [5.41, 5.74) is 2.02.